The van der Waals surface area contributed by atoms with E-state index in [9.17, 15) is 4.79 Å². The third-order valence-electron chi connectivity index (χ3n) is 8.64. The molecule has 200 valence electrons. The molecule has 5 rings (SSSR count). The van der Waals surface area contributed by atoms with E-state index in [0.29, 0.717) is 23.9 Å². The van der Waals surface area contributed by atoms with Crippen LogP contribution in [0.15, 0.2) is 9.98 Å². The molecule has 2 atom stereocenters. The first-order valence-electron chi connectivity index (χ1n) is 14.3. The molecule has 0 bridgehead atoms. The number of urea groups is 1. The van der Waals surface area contributed by atoms with Crippen molar-refractivity contribution in [1.82, 2.24) is 31.9 Å². The van der Waals surface area contributed by atoms with Crippen LogP contribution in [-0.2, 0) is 0 Å². The Labute approximate surface area is 220 Å². The molecule has 2 amide bonds. The van der Waals surface area contributed by atoms with Crippen LogP contribution < -0.4 is 31.9 Å². The van der Waals surface area contributed by atoms with Crippen molar-refractivity contribution in [3.05, 3.63) is 0 Å². The summed E-state index contributed by atoms with van der Waals surface area (Å²) in [4.78, 5) is 21.9. The average Bonchev–Trinajstić information content (AvgIpc) is 3.60. The maximum Gasteiger partial charge on any atom is 0.315 e. The highest BCUT2D eigenvalue weighted by atomic mass is 32.1. The standard InChI is InChI=1S/C26H44N8OS/c35-25(31-19-8-4-17(5-9-19)23-27-12-13-28-23)32-21-2-1-3-22(16-21)34-26(36)33-20-10-6-18(7-11-20)24-29-14-15-30-24/h17-22H,1-16H2,(H,27,28)(H,29,30)(H2,31,32,35)(H2,33,34,36). The van der Waals surface area contributed by atoms with Crippen molar-refractivity contribution in [1.29, 1.82) is 0 Å². The molecule has 3 aliphatic carbocycles. The van der Waals surface area contributed by atoms with E-state index >= 15 is 0 Å². The average molecular weight is 517 g/mol. The minimum Gasteiger partial charge on any atom is -0.372 e. The summed E-state index contributed by atoms with van der Waals surface area (Å²) in [5, 5.41) is 21.2. The van der Waals surface area contributed by atoms with E-state index in [-0.39, 0.29) is 18.1 Å². The maximum absolute atomic E-state index is 12.7. The van der Waals surface area contributed by atoms with Gasteiger partial charge in [0.15, 0.2) is 5.11 Å². The van der Waals surface area contributed by atoms with Gasteiger partial charge < -0.3 is 31.9 Å². The number of rotatable bonds is 6. The minimum atomic E-state index is -0.0146. The molecule has 2 heterocycles. The fourth-order valence-electron chi connectivity index (χ4n) is 6.68. The molecule has 9 nitrogen and oxygen atoms in total. The van der Waals surface area contributed by atoms with Gasteiger partial charge in [-0.25, -0.2) is 4.79 Å². The highest BCUT2D eigenvalue weighted by molar-refractivity contribution is 7.80. The number of carbonyl (C=O) groups is 1. The number of hydrogen-bond donors (Lipinski definition) is 6. The Hall–Kier alpha value is -2.10. The second-order valence-electron chi connectivity index (χ2n) is 11.3. The Bertz CT molecular complexity index is 766. The molecule has 0 saturated heterocycles. The number of thiocarbonyl (C=S) groups is 1. The van der Waals surface area contributed by atoms with E-state index < -0.39 is 0 Å². The second kappa shape index (κ2) is 12.4. The predicted octanol–water partition coefficient (Wildman–Crippen LogP) is 2.18. The Balaban J connectivity index is 0.975. The van der Waals surface area contributed by atoms with E-state index in [1.165, 1.54) is 24.5 Å². The first-order chi connectivity index (χ1) is 17.6. The largest absolute Gasteiger partial charge is 0.372 e. The van der Waals surface area contributed by atoms with Crippen LogP contribution in [0.4, 0.5) is 4.79 Å². The smallest absolute Gasteiger partial charge is 0.315 e. The van der Waals surface area contributed by atoms with Crippen LogP contribution in [0.25, 0.3) is 0 Å². The number of amidine groups is 2. The Morgan fingerprint density at radius 1 is 0.667 bits per heavy atom. The number of aliphatic imine (C=N–C) groups is 2. The lowest BCUT2D eigenvalue weighted by Crippen LogP contribution is -2.53. The summed E-state index contributed by atoms with van der Waals surface area (Å²) in [6, 6.07) is 1.21. The fourth-order valence-corrected chi connectivity index (χ4v) is 7.01. The molecule has 0 aromatic heterocycles. The lowest BCUT2D eigenvalue weighted by Gasteiger charge is -2.34. The van der Waals surface area contributed by atoms with Crippen LogP contribution in [0.3, 0.4) is 0 Å². The van der Waals surface area contributed by atoms with Gasteiger partial charge >= 0.3 is 6.03 Å². The van der Waals surface area contributed by atoms with Crippen molar-refractivity contribution in [3.63, 3.8) is 0 Å². The molecule has 3 fully saturated rings. The summed E-state index contributed by atoms with van der Waals surface area (Å²) in [5.41, 5.74) is 0. The summed E-state index contributed by atoms with van der Waals surface area (Å²) in [6.45, 7) is 3.80. The molecule has 3 saturated carbocycles. The molecule has 10 heteroatoms. The lowest BCUT2D eigenvalue weighted by molar-refractivity contribution is 0.220. The number of nitrogens with one attached hydrogen (secondary N) is 6. The molecule has 0 aromatic carbocycles. The molecule has 0 spiro atoms. The van der Waals surface area contributed by atoms with Crippen molar-refractivity contribution in [2.45, 2.75) is 101 Å². The van der Waals surface area contributed by atoms with E-state index in [2.05, 4.69) is 41.9 Å². The monoisotopic (exact) mass is 516 g/mol. The molecule has 2 unspecified atom stereocenters. The second-order valence-corrected chi connectivity index (χ2v) is 11.7. The first-order valence-corrected chi connectivity index (χ1v) is 14.7. The third kappa shape index (κ3) is 7.01. The summed E-state index contributed by atoms with van der Waals surface area (Å²) >= 11 is 5.67. The lowest BCUT2D eigenvalue weighted by atomic mass is 9.85. The number of nitrogens with zero attached hydrogens (tertiary/aromatic N) is 2. The van der Waals surface area contributed by atoms with E-state index in [1.807, 2.05) is 0 Å². The maximum atomic E-state index is 12.7. The van der Waals surface area contributed by atoms with Crippen molar-refractivity contribution >= 4 is 35.0 Å². The zero-order valence-electron chi connectivity index (χ0n) is 21.5. The molecule has 0 aromatic rings. The molecular weight excluding hydrogens is 472 g/mol. The van der Waals surface area contributed by atoms with E-state index in [0.717, 1.165) is 95.5 Å². The van der Waals surface area contributed by atoms with Crippen LogP contribution in [0.5, 0.6) is 0 Å². The molecule has 6 N–H and O–H groups in total. The highest BCUT2D eigenvalue weighted by Crippen LogP contribution is 2.27. The zero-order valence-corrected chi connectivity index (χ0v) is 22.3. The highest BCUT2D eigenvalue weighted by Gasteiger charge is 2.30. The normalized spacial score (nSPS) is 34.4. The number of amides is 2. The zero-order chi connectivity index (χ0) is 24.7. The predicted molar refractivity (Wildman–Crippen MR) is 149 cm³/mol. The van der Waals surface area contributed by atoms with Gasteiger partial charge in [-0.3, -0.25) is 9.98 Å². The van der Waals surface area contributed by atoms with Gasteiger partial charge in [0.05, 0.1) is 24.8 Å². The Morgan fingerprint density at radius 3 is 1.67 bits per heavy atom. The third-order valence-corrected chi connectivity index (χ3v) is 8.88. The van der Waals surface area contributed by atoms with E-state index in [4.69, 9.17) is 12.2 Å². The van der Waals surface area contributed by atoms with Crippen LogP contribution in [0.1, 0.15) is 77.0 Å². The molecule has 0 radical (unpaired) electrons. The molecule has 36 heavy (non-hydrogen) atoms. The van der Waals surface area contributed by atoms with Crippen LogP contribution >= 0.6 is 12.2 Å². The number of carbonyl (C=O) groups excluding carboxylic acids is 1. The summed E-state index contributed by atoms with van der Waals surface area (Å²) in [5.74, 6) is 3.56. The van der Waals surface area contributed by atoms with Gasteiger partial charge in [0.2, 0.25) is 0 Å². The molecule has 2 aliphatic heterocycles. The van der Waals surface area contributed by atoms with Gasteiger partial charge in [0, 0.05) is 49.1 Å². The van der Waals surface area contributed by atoms with Crippen molar-refractivity contribution in [3.8, 4) is 0 Å². The fraction of sp³-hybridized carbons (Fsp3) is 0.846. The van der Waals surface area contributed by atoms with Gasteiger partial charge in [-0.1, -0.05) is 0 Å². The van der Waals surface area contributed by atoms with Crippen LogP contribution in [-0.4, -0.2) is 73.2 Å². The molecule has 5 aliphatic rings. The minimum absolute atomic E-state index is 0.0146. The summed E-state index contributed by atoms with van der Waals surface area (Å²) in [6.07, 6.45) is 13.0. The first kappa shape index (κ1) is 25.5. The van der Waals surface area contributed by atoms with Crippen molar-refractivity contribution in [2.75, 3.05) is 26.2 Å². The van der Waals surface area contributed by atoms with Crippen LogP contribution in [0.2, 0.25) is 0 Å². The van der Waals surface area contributed by atoms with Gasteiger partial charge in [0.25, 0.3) is 0 Å². The van der Waals surface area contributed by atoms with Gasteiger partial charge in [-0.05, 0) is 89.3 Å². The SMILES string of the molecule is O=C(NC1CCC(C2=NCCN2)CC1)NC1CCCC(NC(=S)NC2CCC(C3=NCCN3)CC2)C1. The van der Waals surface area contributed by atoms with Gasteiger partial charge in [-0.2, -0.15) is 0 Å². The van der Waals surface area contributed by atoms with Gasteiger partial charge in [-0.15, -0.1) is 0 Å². The van der Waals surface area contributed by atoms with Crippen LogP contribution in [0, 0.1) is 11.8 Å². The van der Waals surface area contributed by atoms with E-state index in [1.54, 1.807) is 0 Å². The molecular formula is C26H44N8OS. The quantitative estimate of drug-likeness (QED) is 0.302. The summed E-state index contributed by atoms with van der Waals surface area (Å²) < 4.78 is 0. The summed E-state index contributed by atoms with van der Waals surface area (Å²) in [7, 11) is 0. The van der Waals surface area contributed by atoms with Crippen molar-refractivity contribution in [2.24, 2.45) is 21.8 Å². The Morgan fingerprint density at radius 2 is 1.14 bits per heavy atom. The van der Waals surface area contributed by atoms with Gasteiger partial charge in [0.1, 0.15) is 0 Å². The number of hydrogen-bond acceptors (Lipinski definition) is 6. The topological polar surface area (TPSA) is 114 Å². The van der Waals surface area contributed by atoms with Crippen molar-refractivity contribution < 1.29 is 4.79 Å². The Kier molecular flexibility index (Phi) is 8.82.